The van der Waals surface area contributed by atoms with Crippen LogP contribution in [-0.4, -0.2) is 44.2 Å². The van der Waals surface area contributed by atoms with Gasteiger partial charge >= 0.3 is 0 Å². The minimum Gasteiger partial charge on any atom is -0.354 e. The number of hydrogen-bond donors (Lipinski definition) is 1. The lowest BCUT2D eigenvalue weighted by Gasteiger charge is -2.25. The molecule has 2 aromatic carbocycles. The third-order valence-corrected chi connectivity index (χ3v) is 7.05. The van der Waals surface area contributed by atoms with Crippen LogP contribution in [-0.2, 0) is 20.6 Å². The number of benzene rings is 2. The summed E-state index contributed by atoms with van der Waals surface area (Å²) in [6, 6.07) is 13.3. The van der Waals surface area contributed by atoms with Gasteiger partial charge in [0.2, 0.25) is 15.9 Å². The van der Waals surface area contributed by atoms with E-state index in [1.807, 2.05) is 6.07 Å². The molecule has 0 radical (unpaired) electrons. The van der Waals surface area contributed by atoms with E-state index in [0.29, 0.717) is 33.7 Å². The lowest BCUT2D eigenvalue weighted by Crippen LogP contribution is -2.41. The molecule has 0 bridgehead atoms. The van der Waals surface area contributed by atoms with Crippen LogP contribution in [0.4, 0.5) is 0 Å². The predicted octanol–water partition coefficient (Wildman–Crippen LogP) is 3.98. The third kappa shape index (κ3) is 6.39. The largest absolute Gasteiger partial charge is 0.354 e. The van der Waals surface area contributed by atoms with Crippen LogP contribution in [0.2, 0.25) is 10.0 Å². The van der Waals surface area contributed by atoms with Gasteiger partial charge in [0, 0.05) is 35.1 Å². The maximum atomic E-state index is 12.7. The van der Waals surface area contributed by atoms with Gasteiger partial charge in [-0.25, -0.2) is 8.42 Å². The molecule has 0 saturated carbocycles. The number of amides is 1. The second kappa shape index (κ2) is 10.5. The predicted molar refractivity (Wildman–Crippen MR) is 117 cm³/mol. The third-order valence-electron chi connectivity index (χ3n) is 4.10. The first-order valence-corrected chi connectivity index (χ1v) is 12.2. The quantitative estimate of drug-likeness (QED) is 0.574. The van der Waals surface area contributed by atoms with Gasteiger partial charge < -0.3 is 5.32 Å². The van der Waals surface area contributed by atoms with Gasteiger partial charge in [0.15, 0.2) is 0 Å². The molecule has 0 aliphatic carbocycles. The number of nitrogens with zero attached hydrogens (tertiary/aromatic N) is 1. The first-order chi connectivity index (χ1) is 13.2. The van der Waals surface area contributed by atoms with Crippen LogP contribution >= 0.6 is 35.0 Å². The van der Waals surface area contributed by atoms with E-state index < -0.39 is 16.1 Å². The number of halogens is 2. The van der Waals surface area contributed by atoms with Crippen molar-refractivity contribution in [1.29, 1.82) is 0 Å². The highest BCUT2D eigenvalue weighted by atomic mass is 35.5. The summed E-state index contributed by atoms with van der Waals surface area (Å²) >= 11 is 13.9. The van der Waals surface area contributed by atoms with Gasteiger partial charge in [-0.15, -0.1) is 0 Å². The Morgan fingerprint density at radius 1 is 1.11 bits per heavy atom. The molecule has 1 unspecified atom stereocenters. The van der Waals surface area contributed by atoms with Crippen LogP contribution in [0.1, 0.15) is 17.2 Å². The molecule has 0 fully saturated rings. The molecule has 1 amide bonds. The Balaban J connectivity index is 1.95. The zero-order valence-electron chi connectivity index (χ0n) is 15.6. The molecule has 0 aliphatic heterocycles. The lowest BCUT2D eigenvalue weighted by atomic mass is 10.1. The van der Waals surface area contributed by atoms with E-state index in [0.717, 1.165) is 16.1 Å². The summed E-state index contributed by atoms with van der Waals surface area (Å²) in [5, 5.41) is 4.05. The van der Waals surface area contributed by atoms with Crippen molar-refractivity contribution in [1.82, 2.24) is 9.62 Å². The molecule has 2 aromatic rings. The normalized spacial score (nSPS) is 12.8. The second-order valence-corrected chi connectivity index (χ2v) is 10.1. The van der Waals surface area contributed by atoms with Crippen molar-refractivity contribution in [2.24, 2.45) is 0 Å². The minimum atomic E-state index is -3.54. The standard InChI is InChI=1S/C19H22Cl2N2O3S2/c1-23(28(2,25)26)18(14-7-4-3-5-8-14)19(24)22-11-12-27-13-15-16(20)9-6-10-17(15)21/h3-10,18H,11-13H2,1-2H3,(H,22,24). The van der Waals surface area contributed by atoms with E-state index in [4.69, 9.17) is 23.2 Å². The van der Waals surface area contributed by atoms with Gasteiger partial charge in [-0.1, -0.05) is 59.6 Å². The van der Waals surface area contributed by atoms with Gasteiger partial charge in [-0.3, -0.25) is 4.79 Å². The van der Waals surface area contributed by atoms with Gasteiger partial charge in [0.05, 0.1) is 6.26 Å². The van der Waals surface area contributed by atoms with Crippen LogP contribution in [0.15, 0.2) is 48.5 Å². The molecule has 0 aromatic heterocycles. The Kier molecular flexibility index (Phi) is 8.64. The Morgan fingerprint density at radius 2 is 1.71 bits per heavy atom. The Hall–Kier alpha value is -1.25. The van der Waals surface area contributed by atoms with Gasteiger partial charge in [0.1, 0.15) is 6.04 Å². The molecule has 1 N–H and O–H groups in total. The van der Waals surface area contributed by atoms with E-state index in [1.54, 1.807) is 54.2 Å². The lowest BCUT2D eigenvalue weighted by molar-refractivity contribution is -0.124. The summed E-state index contributed by atoms with van der Waals surface area (Å²) < 4.78 is 25.0. The van der Waals surface area contributed by atoms with Gasteiger partial charge in [-0.05, 0) is 23.3 Å². The highest BCUT2D eigenvalue weighted by Gasteiger charge is 2.30. The topological polar surface area (TPSA) is 66.5 Å². The maximum Gasteiger partial charge on any atom is 0.243 e. The van der Waals surface area contributed by atoms with E-state index in [1.165, 1.54) is 7.05 Å². The fourth-order valence-corrected chi connectivity index (χ4v) is 4.74. The fraction of sp³-hybridized carbons (Fsp3) is 0.316. The number of thioether (sulfide) groups is 1. The number of carbonyl (C=O) groups is 1. The monoisotopic (exact) mass is 460 g/mol. The number of nitrogens with one attached hydrogen (secondary N) is 1. The summed E-state index contributed by atoms with van der Waals surface area (Å²) in [4.78, 5) is 12.7. The van der Waals surface area contributed by atoms with Crippen molar-refractivity contribution in [2.45, 2.75) is 11.8 Å². The highest BCUT2D eigenvalue weighted by molar-refractivity contribution is 7.98. The molecule has 9 heteroatoms. The molecule has 0 aliphatic rings. The molecule has 5 nitrogen and oxygen atoms in total. The molecule has 28 heavy (non-hydrogen) atoms. The summed E-state index contributed by atoms with van der Waals surface area (Å²) in [7, 11) is -2.13. The summed E-state index contributed by atoms with van der Waals surface area (Å²) in [6.07, 6.45) is 1.08. The molecular formula is C19H22Cl2N2O3S2. The van der Waals surface area contributed by atoms with Crippen molar-refractivity contribution in [3.8, 4) is 0 Å². The molecule has 2 rings (SSSR count). The first-order valence-electron chi connectivity index (χ1n) is 8.48. The molecular weight excluding hydrogens is 439 g/mol. The summed E-state index contributed by atoms with van der Waals surface area (Å²) in [6.45, 7) is 0.395. The number of likely N-dealkylation sites (N-methyl/N-ethyl adjacent to an activating group) is 1. The summed E-state index contributed by atoms with van der Waals surface area (Å²) in [5.74, 6) is 0.896. The molecule has 0 spiro atoms. The maximum absolute atomic E-state index is 12.7. The Bertz CT molecular complexity index is 888. The average molecular weight is 461 g/mol. The number of carbonyl (C=O) groups excluding carboxylic acids is 1. The van der Waals surface area contributed by atoms with E-state index in [9.17, 15) is 13.2 Å². The number of sulfonamides is 1. The molecule has 1 atom stereocenters. The molecule has 152 valence electrons. The zero-order valence-corrected chi connectivity index (χ0v) is 18.7. The van der Waals surface area contributed by atoms with Crippen molar-refractivity contribution in [2.75, 3.05) is 25.6 Å². The van der Waals surface area contributed by atoms with Crippen LogP contribution < -0.4 is 5.32 Å². The number of hydrogen-bond acceptors (Lipinski definition) is 4. The smallest absolute Gasteiger partial charge is 0.243 e. The van der Waals surface area contributed by atoms with Crippen molar-refractivity contribution in [3.05, 3.63) is 69.7 Å². The minimum absolute atomic E-state index is 0.365. The Labute approximate surface area is 180 Å². The van der Waals surface area contributed by atoms with E-state index in [-0.39, 0.29) is 5.91 Å². The SMILES string of the molecule is CN(C(C(=O)NCCSCc1c(Cl)cccc1Cl)c1ccccc1)S(C)(=O)=O. The van der Waals surface area contributed by atoms with Crippen molar-refractivity contribution >= 4 is 50.9 Å². The van der Waals surface area contributed by atoms with Crippen LogP contribution in [0.5, 0.6) is 0 Å². The number of rotatable bonds is 9. The van der Waals surface area contributed by atoms with Crippen molar-refractivity contribution < 1.29 is 13.2 Å². The fourth-order valence-electron chi connectivity index (χ4n) is 2.54. The van der Waals surface area contributed by atoms with Crippen molar-refractivity contribution in [3.63, 3.8) is 0 Å². The van der Waals surface area contributed by atoms with Gasteiger partial charge in [-0.2, -0.15) is 16.1 Å². The van der Waals surface area contributed by atoms with Crippen LogP contribution in [0, 0.1) is 0 Å². The Morgan fingerprint density at radius 3 is 2.29 bits per heavy atom. The van der Waals surface area contributed by atoms with E-state index >= 15 is 0 Å². The van der Waals surface area contributed by atoms with Crippen LogP contribution in [0.25, 0.3) is 0 Å². The summed E-state index contributed by atoms with van der Waals surface area (Å²) in [5.41, 5.74) is 1.48. The zero-order chi connectivity index (χ0) is 20.7. The highest BCUT2D eigenvalue weighted by Crippen LogP contribution is 2.28. The van der Waals surface area contributed by atoms with E-state index in [2.05, 4.69) is 5.32 Å². The van der Waals surface area contributed by atoms with Crippen LogP contribution in [0.3, 0.4) is 0 Å². The molecule has 0 heterocycles. The first kappa shape index (κ1) is 23.0. The average Bonchev–Trinajstić information content (AvgIpc) is 2.64. The second-order valence-electron chi connectivity index (χ2n) is 6.14. The molecule has 0 saturated heterocycles. The van der Waals surface area contributed by atoms with Gasteiger partial charge in [0.25, 0.3) is 0 Å².